The second-order valence-electron chi connectivity index (χ2n) is 8.66. The van der Waals surface area contributed by atoms with Crippen molar-refractivity contribution in [3.8, 4) is 0 Å². The molecular formula is C26H17Br4N3O3S2. The quantitative estimate of drug-likeness (QED) is 0.0912. The minimum Gasteiger partial charge on any atom is -0.325 e. The minimum absolute atomic E-state index is 0.109. The SMILES string of the molecule is CC(C)c1ccccc1NC(=O)CSc1nc2ccc(N3C(=O)c4c(Br)c(Br)c(Br)c(Br)c4C3=O)cc2s1. The first-order valence-electron chi connectivity index (χ1n) is 11.2. The number of imide groups is 1. The second kappa shape index (κ2) is 11.1. The van der Waals surface area contributed by atoms with Crippen molar-refractivity contribution in [2.24, 2.45) is 0 Å². The lowest BCUT2D eigenvalue weighted by atomic mass is 10.0. The Morgan fingerprint density at radius 2 is 1.61 bits per heavy atom. The zero-order chi connectivity index (χ0) is 27.3. The zero-order valence-corrected chi connectivity index (χ0v) is 27.8. The highest BCUT2D eigenvalue weighted by Gasteiger charge is 2.42. The number of aromatic nitrogens is 1. The van der Waals surface area contributed by atoms with Gasteiger partial charge in [0.25, 0.3) is 11.8 Å². The van der Waals surface area contributed by atoms with Gasteiger partial charge in [0, 0.05) is 23.6 Å². The van der Waals surface area contributed by atoms with Gasteiger partial charge in [-0.3, -0.25) is 14.4 Å². The molecule has 0 atom stereocenters. The summed E-state index contributed by atoms with van der Waals surface area (Å²) in [6.45, 7) is 4.18. The van der Waals surface area contributed by atoms with Crippen molar-refractivity contribution in [2.75, 3.05) is 16.0 Å². The number of thiazole rings is 1. The number of fused-ring (bicyclic) bond motifs is 2. The van der Waals surface area contributed by atoms with Crippen molar-refractivity contribution < 1.29 is 14.4 Å². The molecule has 3 aromatic carbocycles. The number of rotatable bonds is 6. The van der Waals surface area contributed by atoms with E-state index in [2.05, 4.69) is 87.9 Å². The van der Waals surface area contributed by atoms with Crippen molar-refractivity contribution >= 4 is 126 Å². The average molecular weight is 803 g/mol. The number of amides is 3. The van der Waals surface area contributed by atoms with Gasteiger partial charge in [0.15, 0.2) is 4.34 Å². The van der Waals surface area contributed by atoms with Gasteiger partial charge in [-0.1, -0.05) is 43.8 Å². The number of para-hydroxylation sites is 1. The fourth-order valence-electron chi connectivity index (χ4n) is 4.10. The summed E-state index contributed by atoms with van der Waals surface area (Å²) in [5, 5.41) is 3.00. The summed E-state index contributed by atoms with van der Waals surface area (Å²) in [7, 11) is 0. The molecule has 0 saturated heterocycles. The van der Waals surface area contributed by atoms with Crippen LogP contribution >= 0.6 is 86.8 Å². The number of hydrogen-bond acceptors (Lipinski definition) is 6. The second-order valence-corrected chi connectivity index (χ2v) is 14.1. The van der Waals surface area contributed by atoms with Crippen LogP contribution in [-0.4, -0.2) is 28.5 Å². The first-order chi connectivity index (χ1) is 18.1. The molecule has 0 radical (unpaired) electrons. The van der Waals surface area contributed by atoms with E-state index in [9.17, 15) is 14.4 Å². The summed E-state index contributed by atoms with van der Waals surface area (Å²) >= 11 is 16.6. The van der Waals surface area contributed by atoms with Gasteiger partial charge in [0.2, 0.25) is 5.91 Å². The van der Waals surface area contributed by atoms with Crippen LogP contribution in [-0.2, 0) is 4.79 Å². The zero-order valence-electron chi connectivity index (χ0n) is 19.8. The van der Waals surface area contributed by atoms with Crippen molar-refractivity contribution in [2.45, 2.75) is 24.1 Å². The lowest BCUT2D eigenvalue weighted by molar-refractivity contribution is -0.113. The third-order valence-corrected chi connectivity index (χ3v) is 12.8. The van der Waals surface area contributed by atoms with Crippen LogP contribution in [0.4, 0.5) is 11.4 Å². The summed E-state index contributed by atoms with van der Waals surface area (Å²) in [6.07, 6.45) is 0. The highest BCUT2D eigenvalue weighted by atomic mass is 79.9. The standard InChI is InChI=1S/C26H17Br4N3O3S2/c1-11(2)13-5-3-4-6-14(13)31-17(34)10-37-26-32-15-8-7-12(9-16(15)38-26)33-24(35)18-19(25(33)36)21(28)23(30)22(29)20(18)27/h3-9,11H,10H2,1-2H3,(H,31,34). The molecule has 0 bridgehead atoms. The van der Waals surface area contributed by atoms with E-state index in [1.54, 1.807) is 18.2 Å². The molecule has 5 rings (SSSR count). The fraction of sp³-hybridized carbons (Fsp3) is 0.154. The monoisotopic (exact) mass is 799 g/mol. The number of anilines is 2. The summed E-state index contributed by atoms with van der Waals surface area (Å²) in [5.41, 5.74) is 3.69. The molecular weight excluding hydrogens is 786 g/mol. The average Bonchev–Trinajstić information content (AvgIpc) is 3.42. The van der Waals surface area contributed by atoms with Gasteiger partial charge in [0.05, 0.1) is 32.8 Å². The van der Waals surface area contributed by atoms with Crippen LogP contribution in [0.3, 0.4) is 0 Å². The van der Waals surface area contributed by atoms with Crippen LogP contribution in [0.15, 0.2) is 64.7 Å². The number of halogens is 4. The smallest absolute Gasteiger partial charge is 0.267 e. The van der Waals surface area contributed by atoms with Gasteiger partial charge in [-0.15, -0.1) is 11.3 Å². The normalized spacial score (nSPS) is 13.1. The lowest BCUT2D eigenvalue weighted by Crippen LogP contribution is -2.29. The molecule has 1 aliphatic heterocycles. The predicted molar refractivity (Wildman–Crippen MR) is 168 cm³/mol. The van der Waals surface area contributed by atoms with Gasteiger partial charge in [-0.2, -0.15) is 0 Å². The number of nitrogens with zero attached hydrogens (tertiary/aromatic N) is 2. The summed E-state index contributed by atoms with van der Waals surface area (Å²) in [4.78, 5) is 45.1. The molecule has 1 aliphatic rings. The van der Waals surface area contributed by atoms with E-state index in [0.717, 1.165) is 25.8 Å². The number of carbonyl (C=O) groups excluding carboxylic acids is 3. The van der Waals surface area contributed by atoms with Gasteiger partial charge in [-0.25, -0.2) is 9.88 Å². The summed E-state index contributed by atoms with van der Waals surface area (Å²) < 4.78 is 3.84. The number of benzene rings is 3. The Morgan fingerprint density at radius 3 is 2.24 bits per heavy atom. The van der Waals surface area contributed by atoms with Crippen LogP contribution in [0, 0.1) is 0 Å². The Morgan fingerprint density at radius 1 is 0.974 bits per heavy atom. The molecule has 38 heavy (non-hydrogen) atoms. The van der Waals surface area contributed by atoms with Crippen molar-refractivity contribution in [1.82, 2.24) is 4.98 Å². The van der Waals surface area contributed by atoms with Gasteiger partial charge in [-0.05, 0) is 99.5 Å². The molecule has 3 amide bonds. The van der Waals surface area contributed by atoms with Crippen LogP contribution < -0.4 is 10.2 Å². The molecule has 1 N–H and O–H groups in total. The van der Waals surface area contributed by atoms with Crippen molar-refractivity contribution in [1.29, 1.82) is 0 Å². The van der Waals surface area contributed by atoms with Crippen molar-refractivity contribution in [3.05, 3.63) is 77.0 Å². The van der Waals surface area contributed by atoms with Crippen LogP contribution in [0.2, 0.25) is 0 Å². The number of carbonyl (C=O) groups is 3. The van der Waals surface area contributed by atoms with E-state index >= 15 is 0 Å². The first kappa shape index (κ1) is 28.0. The Kier molecular flexibility index (Phi) is 8.19. The Balaban J connectivity index is 1.35. The Hall–Kier alpha value is -1.57. The maximum Gasteiger partial charge on any atom is 0.267 e. The van der Waals surface area contributed by atoms with Gasteiger partial charge >= 0.3 is 0 Å². The number of thioether (sulfide) groups is 1. The van der Waals surface area contributed by atoms with Gasteiger partial charge < -0.3 is 5.32 Å². The largest absolute Gasteiger partial charge is 0.325 e. The molecule has 194 valence electrons. The maximum absolute atomic E-state index is 13.3. The molecule has 0 fully saturated rings. The first-order valence-corrected chi connectivity index (χ1v) is 16.2. The van der Waals surface area contributed by atoms with E-state index in [1.165, 1.54) is 28.0 Å². The molecule has 12 heteroatoms. The van der Waals surface area contributed by atoms with Crippen LogP contribution in [0.5, 0.6) is 0 Å². The molecule has 0 aliphatic carbocycles. The molecule has 4 aromatic rings. The number of hydrogen-bond donors (Lipinski definition) is 1. The van der Waals surface area contributed by atoms with E-state index in [-0.39, 0.29) is 11.7 Å². The van der Waals surface area contributed by atoms with E-state index in [0.29, 0.717) is 40.6 Å². The predicted octanol–water partition coefficient (Wildman–Crippen LogP) is 9.00. The van der Waals surface area contributed by atoms with E-state index in [1.807, 2.05) is 24.3 Å². The minimum atomic E-state index is -0.414. The summed E-state index contributed by atoms with van der Waals surface area (Å²) in [5.74, 6) is -0.429. The third kappa shape index (κ3) is 5.03. The summed E-state index contributed by atoms with van der Waals surface area (Å²) in [6, 6.07) is 13.1. The number of nitrogens with one attached hydrogen (secondary N) is 1. The van der Waals surface area contributed by atoms with Gasteiger partial charge in [0.1, 0.15) is 0 Å². The fourth-order valence-corrected chi connectivity index (χ4v) is 8.46. The molecule has 6 nitrogen and oxygen atoms in total. The third-order valence-electron chi connectivity index (χ3n) is 5.90. The highest BCUT2D eigenvalue weighted by Crippen LogP contribution is 2.46. The van der Waals surface area contributed by atoms with E-state index < -0.39 is 11.8 Å². The molecule has 0 spiro atoms. The molecule has 0 unspecified atom stereocenters. The lowest BCUT2D eigenvalue weighted by Gasteiger charge is -2.13. The molecule has 0 saturated carbocycles. The Bertz CT molecular complexity index is 1610. The van der Waals surface area contributed by atoms with Crippen LogP contribution in [0.25, 0.3) is 10.2 Å². The topological polar surface area (TPSA) is 79.4 Å². The maximum atomic E-state index is 13.3. The Labute approximate surface area is 260 Å². The molecule has 1 aromatic heterocycles. The molecule has 2 heterocycles. The van der Waals surface area contributed by atoms with Crippen molar-refractivity contribution in [3.63, 3.8) is 0 Å². The van der Waals surface area contributed by atoms with Crippen LogP contribution in [0.1, 0.15) is 46.0 Å². The van der Waals surface area contributed by atoms with E-state index in [4.69, 9.17) is 0 Å². The highest BCUT2D eigenvalue weighted by molar-refractivity contribution is 9.15.